The number of hydrogen-bond acceptors (Lipinski definition) is 4. The monoisotopic (exact) mass is 276 g/mol. The van der Waals surface area contributed by atoms with Crippen molar-refractivity contribution in [2.24, 2.45) is 5.92 Å². The zero-order valence-electron chi connectivity index (χ0n) is 10.9. The Balaban J connectivity index is 3.85. The summed E-state index contributed by atoms with van der Waals surface area (Å²) in [4.78, 5) is 34.5. The number of amides is 2. The van der Waals surface area contributed by atoms with E-state index >= 15 is 0 Å². The molecule has 0 aromatic heterocycles. The fourth-order valence-corrected chi connectivity index (χ4v) is 1.68. The summed E-state index contributed by atoms with van der Waals surface area (Å²) in [7, 11) is 1.53. The van der Waals surface area contributed by atoms with Gasteiger partial charge in [-0.25, -0.2) is 0 Å². The zero-order chi connectivity index (χ0) is 14.1. The summed E-state index contributed by atoms with van der Waals surface area (Å²) in [6.45, 7) is 4.54. The molecule has 0 aromatic rings. The molecule has 0 fully saturated rings. The number of nitrogens with zero attached hydrogens (tertiary/aromatic N) is 1. The van der Waals surface area contributed by atoms with E-state index in [1.807, 2.05) is 13.8 Å². The minimum Gasteiger partial charge on any atom is -0.481 e. The molecule has 6 nitrogen and oxygen atoms in total. The van der Waals surface area contributed by atoms with Crippen molar-refractivity contribution in [3.05, 3.63) is 0 Å². The molecule has 0 aliphatic heterocycles. The van der Waals surface area contributed by atoms with Crippen LogP contribution in [0.3, 0.4) is 0 Å². The van der Waals surface area contributed by atoms with Gasteiger partial charge in [-0.05, 0) is 5.92 Å². The van der Waals surface area contributed by atoms with Crippen molar-refractivity contribution in [1.82, 2.24) is 10.2 Å². The predicted octanol–water partition coefficient (Wildman–Crippen LogP) is 0.0348. The van der Waals surface area contributed by atoms with Crippen molar-refractivity contribution < 1.29 is 19.5 Å². The molecule has 0 radical (unpaired) electrons. The van der Waals surface area contributed by atoms with Gasteiger partial charge in [-0.1, -0.05) is 13.8 Å². The number of hydrogen-bond donors (Lipinski definition) is 2. The summed E-state index contributed by atoms with van der Waals surface area (Å²) in [6, 6.07) is 0. The second-order valence-corrected chi connectivity index (χ2v) is 5.32. The van der Waals surface area contributed by atoms with E-state index in [4.69, 9.17) is 5.11 Å². The lowest BCUT2D eigenvalue weighted by Gasteiger charge is -2.17. The van der Waals surface area contributed by atoms with Crippen LogP contribution in [0.2, 0.25) is 0 Å². The lowest BCUT2D eigenvalue weighted by molar-refractivity contribution is -0.134. The summed E-state index contributed by atoms with van der Waals surface area (Å²) in [5.74, 6) is -1.09. The number of nitrogens with one attached hydrogen (secondary N) is 1. The van der Waals surface area contributed by atoms with E-state index in [1.165, 1.54) is 11.9 Å². The molecule has 0 bridgehead atoms. The lowest BCUT2D eigenvalue weighted by atomic mass is 10.2. The Hall–Kier alpha value is -1.24. The van der Waals surface area contributed by atoms with Gasteiger partial charge in [0.2, 0.25) is 11.8 Å². The second-order valence-electron chi connectivity index (χ2n) is 4.33. The number of carboxylic acid groups (broad SMARTS) is 1. The van der Waals surface area contributed by atoms with Crippen molar-refractivity contribution in [1.29, 1.82) is 0 Å². The molecule has 0 spiro atoms. The minimum absolute atomic E-state index is 0.000809. The predicted molar refractivity (Wildman–Crippen MR) is 70.4 cm³/mol. The van der Waals surface area contributed by atoms with E-state index in [0.29, 0.717) is 12.5 Å². The molecule has 0 aliphatic rings. The number of carbonyl (C=O) groups excluding carboxylic acids is 2. The topological polar surface area (TPSA) is 86.7 Å². The molecule has 0 aliphatic carbocycles. The molecule has 2 amide bonds. The van der Waals surface area contributed by atoms with Crippen LogP contribution in [0, 0.1) is 5.92 Å². The van der Waals surface area contributed by atoms with Crippen LogP contribution >= 0.6 is 11.8 Å². The first-order valence-electron chi connectivity index (χ1n) is 5.63. The zero-order valence-corrected chi connectivity index (χ0v) is 11.7. The van der Waals surface area contributed by atoms with Gasteiger partial charge in [0.05, 0.1) is 18.1 Å². The van der Waals surface area contributed by atoms with Crippen molar-refractivity contribution in [3.63, 3.8) is 0 Å². The Morgan fingerprint density at radius 2 is 1.89 bits per heavy atom. The molecule has 7 heteroatoms. The van der Waals surface area contributed by atoms with Gasteiger partial charge < -0.3 is 15.3 Å². The first kappa shape index (κ1) is 16.8. The van der Waals surface area contributed by atoms with E-state index in [0.717, 1.165) is 11.8 Å². The smallest absolute Gasteiger partial charge is 0.313 e. The summed E-state index contributed by atoms with van der Waals surface area (Å²) in [5.41, 5.74) is 0. The van der Waals surface area contributed by atoms with Crippen molar-refractivity contribution in [2.45, 2.75) is 13.8 Å². The van der Waals surface area contributed by atoms with Crippen LogP contribution < -0.4 is 5.32 Å². The largest absolute Gasteiger partial charge is 0.481 e. The Bertz CT molecular complexity index is 307. The van der Waals surface area contributed by atoms with Crippen LogP contribution in [-0.2, 0) is 14.4 Å². The van der Waals surface area contributed by atoms with Crippen molar-refractivity contribution in [2.75, 3.05) is 31.6 Å². The maximum Gasteiger partial charge on any atom is 0.313 e. The van der Waals surface area contributed by atoms with Crippen molar-refractivity contribution in [3.8, 4) is 0 Å². The molecule has 0 saturated heterocycles. The minimum atomic E-state index is -0.954. The van der Waals surface area contributed by atoms with Crippen molar-refractivity contribution >= 4 is 29.5 Å². The first-order valence-corrected chi connectivity index (χ1v) is 6.78. The summed E-state index contributed by atoms with van der Waals surface area (Å²) in [5, 5.41) is 11.1. The van der Waals surface area contributed by atoms with Gasteiger partial charge in [-0.3, -0.25) is 14.4 Å². The standard InChI is InChI=1S/C11H20N2O4S/c1-8(2)4-12-9(14)5-13(3)10(15)6-18-7-11(16)17/h8H,4-7H2,1-3H3,(H,12,14)(H,16,17). The number of carboxylic acids is 1. The Morgan fingerprint density at radius 3 is 2.39 bits per heavy atom. The highest BCUT2D eigenvalue weighted by Crippen LogP contribution is 2.01. The van der Waals surface area contributed by atoms with E-state index in [9.17, 15) is 14.4 Å². The number of thioether (sulfide) groups is 1. The van der Waals surface area contributed by atoms with Crippen LogP contribution in [0.15, 0.2) is 0 Å². The average Bonchev–Trinajstić information content (AvgIpc) is 2.25. The number of rotatable bonds is 8. The molecule has 0 rings (SSSR count). The molecule has 2 N–H and O–H groups in total. The van der Waals surface area contributed by atoms with Gasteiger partial charge in [0, 0.05) is 13.6 Å². The van der Waals surface area contributed by atoms with Crippen LogP contribution in [-0.4, -0.2) is 59.4 Å². The molecule has 0 atom stereocenters. The summed E-state index contributed by atoms with van der Waals surface area (Å²) < 4.78 is 0. The van der Waals surface area contributed by atoms with Gasteiger partial charge >= 0.3 is 5.97 Å². The quantitative estimate of drug-likeness (QED) is 0.653. The number of carbonyl (C=O) groups is 3. The van der Waals surface area contributed by atoms with E-state index in [2.05, 4.69) is 5.32 Å². The highest BCUT2D eigenvalue weighted by molar-refractivity contribution is 8.00. The second kappa shape index (κ2) is 8.79. The highest BCUT2D eigenvalue weighted by atomic mass is 32.2. The molecule has 18 heavy (non-hydrogen) atoms. The number of likely N-dealkylation sites (N-methyl/N-ethyl adjacent to an activating group) is 1. The fraction of sp³-hybridized carbons (Fsp3) is 0.727. The van der Waals surface area contributed by atoms with Crippen LogP contribution in [0.5, 0.6) is 0 Å². The van der Waals surface area contributed by atoms with Crippen LogP contribution in [0.1, 0.15) is 13.8 Å². The third-order valence-corrected chi connectivity index (χ3v) is 2.87. The van der Waals surface area contributed by atoms with Gasteiger partial charge in [-0.2, -0.15) is 0 Å². The third-order valence-electron chi connectivity index (χ3n) is 1.97. The fourth-order valence-electron chi connectivity index (χ4n) is 1.01. The average molecular weight is 276 g/mol. The molecule has 0 aromatic carbocycles. The third kappa shape index (κ3) is 8.86. The van der Waals surface area contributed by atoms with Crippen LogP contribution in [0.25, 0.3) is 0 Å². The SMILES string of the molecule is CC(C)CNC(=O)CN(C)C(=O)CSCC(=O)O. The van der Waals surface area contributed by atoms with E-state index < -0.39 is 5.97 Å². The highest BCUT2D eigenvalue weighted by Gasteiger charge is 2.13. The maximum atomic E-state index is 11.5. The molecule has 0 heterocycles. The van der Waals surface area contributed by atoms with Gasteiger partial charge in [-0.15, -0.1) is 11.8 Å². The Kier molecular flexibility index (Phi) is 8.19. The molecule has 0 saturated carbocycles. The summed E-state index contributed by atoms with van der Waals surface area (Å²) >= 11 is 1.02. The Morgan fingerprint density at radius 1 is 1.28 bits per heavy atom. The van der Waals surface area contributed by atoms with E-state index in [1.54, 1.807) is 0 Å². The molecular weight excluding hydrogens is 256 g/mol. The normalized spacial score (nSPS) is 10.2. The molecule has 104 valence electrons. The lowest BCUT2D eigenvalue weighted by Crippen LogP contribution is -2.40. The first-order chi connectivity index (χ1) is 8.32. The van der Waals surface area contributed by atoms with Crippen LogP contribution in [0.4, 0.5) is 0 Å². The van der Waals surface area contributed by atoms with Gasteiger partial charge in [0.15, 0.2) is 0 Å². The summed E-state index contributed by atoms with van der Waals surface area (Å²) in [6.07, 6.45) is 0. The number of aliphatic carboxylic acids is 1. The Labute approximate surface area is 111 Å². The van der Waals surface area contributed by atoms with E-state index in [-0.39, 0.29) is 29.9 Å². The van der Waals surface area contributed by atoms with Gasteiger partial charge in [0.25, 0.3) is 0 Å². The maximum absolute atomic E-state index is 11.5. The molecule has 0 unspecified atom stereocenters. The molecular formula is C11H20N2O4S. The van der Waals surface area contributed by atoms with Gasteiger partial charge in [0.1, 0.15) is 0 Å².